The molecule has 0 saturated carbocycles. The summed E-state index contributed by atoms with van der Waals surface area (Å²) in [6.45, 7) is 0. The number of hydrogen-bond acceptors (Lipinski definition) is 3. The van der Waals surface area contributed by atoms with Gasteiger partial charge in [-0.2, -0.15) is 0 Å². The molecule has 0 aliphatic rings. The highest BCUT2D eigenvalue weighted by atomic mass is 16.5. The second-order valence-electron chi connectivity index (χ2n) is 6.47. The predicted octanol–water partition coefficient (Wildman–Crippen LogP) is 5.58. The van der Waals surface area contributed by atoms with Gasteiger partial charge in [0.25, 0.3) is 5.91 Å². The summed E-state index contributed by atoms with van der Waals surface area (Å²) in [6, 6.07) is 26.7. The lowest BCUT2D eigenvalue weighted by molar-refractivity contribution is 0.0696. The van der Waals surface area contributed by atoms with Crippen molar-refractivity contribution in [1.29, 1.82) is 0 Å². The van der Waals surface area contributed by atoms with Crippen molar-refractivity contribution in [3.05, 3.63) is 102 Å². The zero-order chi connectivity index (χ0) is 20.2. The number of anilines is 1. The van der Waals surface area contributed by atoms with E-state index >= 15 is 0 Å². The van der Waals surface area contributed by atoms with Crippen molar-refractivity contribution in [3.63, 3.8) is 0 Å². The lowest BCUT2D eigenvalue weighted by Gasteiger charge is -2.09. The number of aromatic carboxylic acids is 1. The highest BCUT2D eigenvalue weighted by Crippen LogP contribution is 2.26. The predicted molar refractivity (Wildman–Crippen MR) is 112 cm³/mol. The van der Waals surface area contributed by atoms with Crippen LogP contribution in [0.2, 0.25) is 0 Å². The van der Waals surface area contributed by atoms with Crippen LogP contribution in [-0.2, 0) is 0 Å². The third kappa shape index (κ3) is 4.25. The van der Waals surface area contributed by atoms with Gasteiger partial charge in [0, 0.05) is 11.3 Å². The van der Waals surface area contributed by atoms with Crippen LogP contribution in [0.1, 0.15) is 20.7 Å². The molecule has 5 heteroatoms. The lowest BCUT2D eigenvalue weighted by Crippen LogP contribution is -2.11. The average molecular weight is 383 g/mol. The van der Waals surface area contributed by atoms with Gasteiger partial charge in [0.05, 0.1) is 5.56 Å². The van der Waals surface area contributed by atoms with E-state index in [1.165, 1.54) is 12.1 Å². The topological polar surface area (TPSA) is 75.6 Å². The molecule has 1 amide bonds. The molecule has 0 atom stereocenters. The van der Waals surface area contributed by atoms with Gasteiger partial charge in [-0.1, -0.05) is 30.3 Å². The Morgan fingerprint density at radius 2 is 1.31 bits per heavy atom. The maximum atomic E-state index is 12.4. The molecular weight excluding hydrogens is 366 g/mol. The van der Waals surface area contributed by atoms with E-state index in [0.717, 1.165) is 16.5 Å². The van der Waals surface area contributed by atoms with Crippen LogP contribution < -0.4 is 10.1 Å². The van der Waals surface area contributed by atoms with Crippen molar-refractivity contribution in [2.45, 2.75) is 0 Å². The maximum Gasteiger partial charge on any atom is 0.335 e. The van der Waals surface area contributed by atoms with Crippen molar-refractivity contribution in [3.8, 4) is 11.5 Å². The molecule has 0 aliphatic carbocycles. The third-order valence-corrected chi connectivity index (χ3v) is 4.46. The van der Waals surface area contributed by atoms with Crippen molar-refractivity contribution in [1.82, 2.24) is 0 Å². The number of rotatable bonds is 5. The molecule has 0 saturated heterocycles. The number of nitrogens with one attached hydrogen (secondary N) is 1. The van der Waals surface area contributed by atoms with Crippen LogP contribution in [0.25, 0.3) is 10.8 Å². The minimum Gasteiger partial charge on any atom is -0.478 e. The van der Waals surface area contributed by atoms with Crippen molar-refractivity contribution < 1.29 is 19.4 Å². The molecule has 0 unspecified atom stereocenters. The Hall–Kier alpha value is -4.12. The number of benzene rings is 4. The zero-order valence-electron chi connectivity index (χ0n) is 15.3. The number of fused-ring (bicyclic) bond motifs is 1. The molecule has 4 rings (SSSR count). The van der Waals surface area contributed by atoms with Crippen LogP contribution in [0.3, 0.4) is 0 Å². The van der Waals surface area contributed by atoms with Crippen LogP contribution in [0.5, 0.6) is 11.5 Å². The lowest BCUT2D eigenvalue weighted by atomic mass is 10.1. The normalized spacial score (nSPS) is 10.5. The summed E-state index contributed by atoms with van der Waals surface area (Å²) in [7, 11) is 0. The van der Waals surface area contributed by atoms with Gasteiger partial charge >= 0.3 is 5.97 Å². The second kappa shape index (κ2) is 7.86. The standard InChI is InChI=1S/C24H17NO4/c26-23(25-20-10-5-18(6-11-20)24(27)28)17-8-12-21(13-9-17)29-22-14-7-16-3-1-2-4-19(16)15-22/h1-15H,(H,25,26)(H,27,28). The third-order valence-electron chi connectivity index (χ3n) is 4.46. The fourth-order valence-corrected chi connectivity index (χ4v) is 2.94. The number of carbonyl (C=O) groups excluding carboxylic acids is 1. The van der Waals surface area contributed by atoms with Gasteiger partial charge in [-0.3, -0.25) is 4.79 Å². The average Bonchev–Trinajstić information content (AvgIpc) is 2.74. The minimum atomic E-state index is -1.01. The molecule has 4 aromatic carbocycles. The van der Waals surface area contributed by atoms with E-state index in [0.29, 0.717) is 17.0 Å². The maximum absolute atomic E-state index is 12.4. The van der Waals surface area contributed by atoms with E-state index in [-0.39, 0.29) is 11.5 Å². The number of carboxylic acids is 1. The first-order valence-electron chi connectivity index (χ1n) is 9.00. The molecule has 4 aromatic rings. The highest BCUT2D eigenvalue weighted by Gasteiger charge is 2.08. The number of hydrogen-bond donors (Lipinski definition) is 2. The molecule has 0 fully saturated rings. The molecular formula is C24H17NO4. The molecule has 2 N–H and O–H groups in total. The van der Waals surface area contributed by atoms with E-state index in [1.807, 2.05) is 42.5 Å². The largest absolute Gasteiger partial charge is 0.478 e. The van der Waals surface area contributed by atoms with E-state index in [4.69, 9.17) is 9.84 Å². The summed E-state index contributed by atoms with van der Waals surface area (Å²) in [5, 5.41) is 13.9. The van der Waals surface area contributed by atoms with E-state index < -0.39 is 5.97 Å². The van der Waals surface area contributed by atoms with Crippen LogP contribution in [0, 0.1) is 0 Å². The van der Waals surface area contributed by atoms with E-state index in [1.54, 1.807) is 36.4 Å². The van der Waals surface area contributed by atoms with Gasteiger partial charge in [-0.05, 0) is 71.4 Å². The van der Waals surface area contributed by atoms with Crippen molar-refractivity contribution in [2.75, 3.05) is 5.32 Å². The van der Waals surface area contributed by atoms with Gasteiger partial charge in [-0.15, -0.1) is 0 Å². The van der Waals surface area contributed by atoms with E-state index in [2.05, 4.69) is 5.32 Å². The van der Waals surface area contributed by atoms with Crippen LogP contribution in [0.15, 0.2) is 91.0 Å². The quantitative estimate of drug-likeness (QED) is 0.471. The highest BCUT2D eigenvalue weighted by molar-refractivity contribution is 6.04. The minimum absolute atomic E-state index is 0.165. The number of carbonyl (C=O) groups is 2. The number of amides is 1. The molecule has 5 nitrogen and oxygen atoms in total. The zero-order valence-corrected chi connectivity index (χ0v) is 15.3. The summed E-state index contributed by atoms with van der Waals surface area (Å²) in [6.07, 6.45) is 0. The Labute approximate surface area is 167 Å². The molecule has 0 aromatic heterocycles. The van der Waals surface area contributed by atoms with Crippen molar-refractivity contribution in [2.24, 2.45) is 0 Å². The molecule has 0 bridgehead atoms. The molecule has 0 radical (unpaired) electrons. The Morgan fingerprint density at radius 3 is 2.00 bits per heavy atom. The van der Waals surface area contributed by atoms with Crippen molar-refractivity contribution >= 4 is 28.3 Å². The fraction of sp³-hybridized carbons (Fsp3) is 0. The first-order chi connectivity index (χ1) is 14.1. The summed E-state index contributed by atoms with van der Waals surface area (Å²) in [5.41, 5.74) is 1.16. The SMILES string of the molecule is O=C(O)c1ccc(NC(=O)c2ccc(Oc3ccc4ccccc4c3)cc2)cc1. The van der Waals surface area contributed by atoms with Crippen LogP contribution in [0.4, 0.5) is 5.69 Å². The number of carboxylic acid groups (broad SMARTS) is 1. The van der Waals surface area contributed by atoms with Crippen LogP contribution >= 0.6 is 0 Å². The monoisotopic (exact) mass is 383 g/mol. The van der Waals surface area contributed by atoms with Gasteiger partial charge in [0.2, 0.25) is 0 Å². The second-order valence-corrected chi connectivity index (χ2v) is 6.47. The van der Waals surface area contributed by atoms with Gasteiger partial charge in [-0.25, -0.2) is 4.79 Å². The Balaban J connectivity index is 1.43. The first-order valence-corrected chi connectivity index (χ1v) is 9.00. The molecule has 29 heavy (non-hydrogen) atoms. The molecule has 0 spiro atoms. The molecule has 142 valence electrons. The van der Waals surface area contributed by atoms with Crippen LogP contribution in [-0.4, -0.2) is 17.0 Å². The summed E-state index contributed by atoms with van der Waals surface area (Å²) in [4.78, 5) is 23.3. The number of ether oxygens (including phenoxy) is 1. The van der Waals surface area contributed by atoms with Gasteiger partial charge in [0.1, 0.15) is 11.5 Å². The molecule has 0 aliphatic heterocycles. The summed E-state index contributed by atoms with van der Waals surface area (Å²) >= 11 is 0. The Bertz CT molecular complexity index is 1180. The van der Waals surface area contributed by atoms with Gasteiger partial charge < -0.3 is 15.2 Å². The van der Waals surface area contributed by atoms with Gasteiger partial charge in [0.15, 0.2) is 0 Å². The first kappa shape index (κ1) is 18.3. The molecule has 0 heterocycles. The fourth-order valence-electron chi connectivity index (χ4n) is 2.94. The smallest absolute Gasteiger partial charge is 0.335 e. The Kier molecular flexibility index (Phi) is 4.95. The summed E-state index contributed by atoms with van der Waals surface area (Å²) in [5.74, 6) is 0.0530. The van der Waals surface area contributed by atoms with E-state index in [9.17, 15) is 9.59 Å². The summed E-state index contributed by atoms with van der Waals surface area (Å²) < 4.78 is 5.89. The Morgan fingerprint density at radius 1 is 0.690 bits per heavy atom.